The zero-order chi connectivity index (χ0) is 21.0. The molecule has 1 heterocycles. The predicted molar refractivity (Wildman–Crippen MR) is 113 cm³/mol. The molecule has 0 spiro atoms. The number of carbonyl (C=O) groups is 1. The Labute approximate surface area is 177 Å². The van der Waals surface area contributed by atoms with Crippen molar-refractivity contribution >= 4 is 33.2 Å². The molecule has 1 fully saturated rings. The van der Waals surface area contributed by atoms with E-state index in [-0.39, 0.29) is 22.4 Å². The molecule has 3 rings (SSSR count). The van der Waals surface area contributed by atoms with Gasteiger partial charge in [0, 0.05) is 19.2 Å². The lowest BCUT2D eigenvalue weighted by molar-refractivity contribution is -0.121. The number of amides is 1. The van der Waals surface area contributed by atoms with E-state index in [0.29, 0.717) is 37.7 Å². The normalized spacial score (nSPS) is 18.7. The van der Waals surface area contributed by atoms with Gasteiger partial charge in [0.2, 0.25) is 5.91 Å². The summed E-state index contributed by atoms with van der Waals surface area (Å²) in [4.78, 5) is 13.2. The Morgan fingerprint density at radius 3 is 2.72 bits per heavy atom. The molecule has 1 amide bonds. The van der Waals surface area contributed by atoms with Crippen LogP contribution in [0.15, 0.2) is 28.2 Å². The molecule has 9 heteroatoms. The zero-order valence-electron chi connectivity index (χ0n) is 16.6. The minimum Gasteiger partial charge on any atom is -0.394 e. The highest BCUT2D eigenvalue weighted by Gasteiger charge is 2.29. The van der Waals surface area contributed by atoms with Crippen molar-refractivity contribution in [1.29, 1.82) is 0 Å². The fourth-order valence-corrected chi connectivity index (χ4v) is 5.45. The van der Waals surface area contributed by atoms with Gasteiger partial charge in [-0.15, -0.1) is 0 Å². The molecular formula is C20H28ClN3O4S. The lowest BCUT2D eigenvalue weighted by Crippen LogP contribution is -2.34. The Hall–Kier alpha value is -1.64. The summed E-state index contributed by atoms with van der Waals surface area (Å²) in [5.41, 5.74) is 0.720. The summed E-state index contributed by atoms with van der Waals surface area (Å²) < 4.78 is 23.7. The Balaban J connectivity index is 1.82. The van der Waals surface area contributed by atoms with Crippen molar-refractivity contribution in [2.24, 2.45) is 11.0 Å². The zero-order valence-corrected chi connectivity index (χ0v) is 18.2. The van der Waals surface area contributed by atoms with E-state index in [1.54, 1.807) is 17.1 Å². The predicted octanol–water partition coefficient (Wildman–Crippen LogP) is 2.54. The number of benzene rings is 1. The molecule has 1 atom stereocenters. The van der Waals surface area contributed by atoms with Crippen LogP contribution in [0, 0.1) is 5.92 Å². The van der Waals surface area contributed by atoms with Crippen molar-refractivity contribution in [3.63, 3.8) is 0 Å². The van der Waals surface area contributed by atoms with Crippen molar-refractivity contribution < 1.29 is 18.3 Å². The van der Waals surface area contributed by atoms with Gasteiger partial charge < -0.3 is 10.4 Å². The summed E-state index contributed by atoms with van der Waals surface area (Å²) in [6.07, 6.45) is 7.00. The van der Waals surface area contributed by atoms with Gasteiger partial charge in [0.05, 0.1) is 29.0 Å². The van der Waals surface area contributed by atoms with Gasteiger partial charge in [0.1, 0.15) is 5.84 Å². The van der Waals surface area contributed by atoms with E-state index in [1.807, 2.05) is 0 Å². The Morgan fingerprint density at radius 1 is 1.38 bits per heavy atom. The first-order valence-corrected chi connectivity index (χ1v) is 12.3. The number of aliphatic hydroxyl groups is 1. The average Bonchev–Trinajstić information content (AvgIpc) is 3.31. The highest BCUT2D eigenvalue weighted by Crippen LogP contribution is 2.36. The van der Waals surface area contributed by atoms with Crippen molar-refractivity contribution in [2.45, 2.75) is 49.3 Å². The second-order valence-corrected chi connectivity index (χ2v) is 10.3. The number of sulfone groups is 1. The van der Waals surface area contributed by atoms with Crippen LogP contribution in [0.4, 0.5) is 0 Å². The van der Waals surface area contributed by atoms with Gasteiger partial charge in [-0.1, -0.05) is 43.4 Å². The topological polar surface area (TPSA) is 99.1 Å². The maximum Gasteiger partial charge on any atom is 0.232 e. The summed E-state index contributed by atoms with van der Waals surface area (Å²) >= 11 is 6.24. The van der Waals surface area contributed by atoms with E-state index in [2.05, 4.69) is 10.4 Å². The first-order valence-electron chi connectivity index (χ1n) is 10.0. The third-order valence-corrected chi connectivity index (χ3v) is 7.19. The fourth-order valence-electron chi connectivity index (χ4n) is 4.11. The van der Waals surface area contributed by atoms with Crippen LogP contribution in [0.25, 0.3) is 0 Å². The standard InChI is InChI=1S/C20H28ClN3O4S/c1-29(27,28)18-7-6-15(13-17(18)21)16(12-14-4-2-3-5-14)20(26)22-19-8-9-24(23-19)10-11-25/h6-7,13-14,16,25H,2-5,8-12H2,1H3,(H,22,23,26)/t16-/m1/s1. The second-order valence-electron chi connectivity index (χ2n) is 7.86. The molecule has 2 aliphatic rings. The quantitative estimate of drug-likeness (QED) is 0.677. The van der Waals surface area contributed by atoms with E-state index in [1.165, 1.54) is 18.9 Å². The summed E-state index contributed by atoms with van der Waals surface area (Å²) in [7, 11) is -3.43. The maximum atomic E-state index is 13.1. The summed E-state index contributed by atoms with van der Waals surface area (Å²) in [5.74, 6) is 0.498. The second kappa shape index (κ2) is 9.45. The first-order chi connectivity index (χ1) is 13.8. The van der Waals surface area contributed by atoms with E-state index in [4.69, 9.17) is 16.7 Å². The van der Waals surface area contributed by atoms with Crippen LogP contribution >= 0.6 is 11.6 Å². The lowest BCUT2D eigenvalue weighted by Gasteiger charge is -2.21. The molecule has 1 aliphatic heterocycles. The van der Waals surface area contributed by atoms with Crippen LogP contribution in [0.1, 0.15) is 50.0 Å². The van der Waals surface area contributed by atoms with Crippen LogP contribution in [0.5, 0.6) is 0 Å². The van der Waals surface area contributed by atoms with Crippen LogP contribution < -0.4 is 5.32 Å². The number of hydrogen-bond acceptors (Lipinski definition) is 6. The molecule has 0 unspecified atom stereocenters. The molecule has 7 nitrogen and oxygen atoms in total. The van der Waals surface area contributed by atoms with Crippen LogP contribution in [-0.2, 0) is 14.6 Å². The third-order valence-electron chi connectivity index (χ3n) is 5.61. The van der Waals surface area contributed by atoms with Gasteiger partial charge in [-0.3, -0.25) is 9.80 Å². The number of aliphatic hydroxyl groups excluding tert-OH is 1. The van der Waals surface area contributed by atoms with Crippen molar-refractivity contribution in [3.05, 3.63) is 28.8 Å². The summed E-state index contributed by atoms with van der Waals surface area (Å²) in [6, 6.07) is 4.78. The molecule has 160 valence electrons. The van der Waals surface area contributed by atoms with Gasteiger partial charge in [-0.2, -0.15) is 5.10 Å². The van der Waals surface area contributed by atoms with E-state index >= 15 is 0 Å². The van der Waals surface area contributed by atoms with E-state index < -0.39 is 15.8 Å². The molecule has 1 aliphatic carbocycles. The minimum absolute atomic E-state index is 0.0141. The van der Waals surface area contributed by atoms with Crippen molar-refractivity contribution in [1.82, 2.24) is 10.3 Å². The molecule has 0 radical (unpaired) electrons. The molecule has 1 saturated carbocycles. The van der Waals surface area contributed by atoms with Crippen LogP contribution in [-0.4, -0.2) is 56.2 Å². The number of rotatable bonds is 7. The summed E-state index contributed by atoms with van der Waals surface area (Å²) in [6.45, 7) is 1.12. The molecule has 2 N–H and O–H groups in total. The molecular weight excluding hydrogens is 414 g/mol. The number of hydrazone groups is 1. The minimum atomic E-state index is -3.43. The molecule has 1 aromatic rings. The number of halogens is 1. The lowest BCUT2D eigenvalue weighted by atomic mass is 9.87. The number of nitrogens with one attached hydrogen (secondary N) is 1. The highest BCUT2D eigenvalue weighted by molar-refractivity contribution is 7.90. The van der Waals surface area contributed by atoms with Gasteiger partial charge in [0.25, 0.3) is 0 Å². The smallest absolute Gasteiger partial charge is 0.232 e. The van der Waals surface area contributed by atoms with E-state index in [0.717, 1.165) is 24.7 Å². The summed E-state index contributed by atoms with van der Waals surface area (Å²) in [5, 5.41) is 18.2. The van der Waals surface area contributed by atoms with Gasteiger partial charge in [-0.05, 0) is 30.0 Å². The number of carbonyl (C=O) groups excluding carboxylic acids is 1. The van der Waals surface area contributed by atoms with Crippen molar-refractivity contribution in [3.8, 4) is 0 Å². The van der Waals surface area contributed by atoms with Crippen LogP contribution in [0.3, 0.4) is 0 Å². The van der Waals surface area contributed by atoms with Gasteiger partial charge in [0.15, 0.2) is 9.84 Å². The average molecular weight is 442 g/mol. The largest absolute Gasteiger partial charge is 0.394 e. The number of amidine groups is 1. The Kier molecular flexibility index (Phi) is 7.19. The molecule has 0 aromatic heterocycles. The Morgan fingerprint density at radius 2 is 2.10 bits per heavy atom. The number of nitrogens with zero attached hydrogens (tertiary/aromatic N) is 2. The first kappa shape index (κ1) is 22.1. The number of hydrogen-bond donors (Lipinski definition) is 2. The van der Waals surface area contributed by atoms with E-state index in [9.17, 15) is 13.2 Å². The van der Waals surface area contributed by atoms with Crippen molar-refractivity contribution in [2.75, 3.05) is 26.0 Å². The molecule has 29 heavy (non-hydrogen) atoms. The maximum absolute atomic E-state index is 13.1. The third kappa shape index (κ3) is 5.71. The van der Waals surface area contributed by atoms with Gasteiger partial charge in [-0.25, -0.2) is 8.42 Å². The SMILES string of the molecule is CS(=O)(=O)c1ccc([C@@H](CC2CCCC2)C(=O)NC2=NN(CCO)CC2)cc1Cl. The van der Waals surface area contributed by atoms with Crippen LogP contribution in [0.2, 0.25) is 5.02 Å². The molecule has 1 aromatic carbocycles. The number of β-amino-alcohol motifs (C(OH)–C–C–N with tert-alkyl or cyclic N) is 1. The monoisotopic (exact) mass is 441 g/mol. The molecule has 0 bridgehead atoms. The highest BCUT2D eigenvalue weighted by atomic mass is 35.5. The molecule has 0 saturated heterocycles. The van der Waals surface area contributed by atoms with Gasteiger partial charge >= 0.3 is 0 Å². The Bertz CT molecular complexity index is 882. The fraction of sp³-hybridized carbons (Fsp3) is 0.600.